The Bertz CT molecular complexity index is 354. The van der Waals surface area contributed by atoms with E-state index in [0.717, 1.165) is 37.6 Å². The molecule has 0 atom stereocenters. The van der Waals surface area contributed by atoms with Crippen molar-refractivity contribution >= 4 is 5.69 Å². The van der Waals surface area contributed by atoms with Crippen molar-refractivity contribution in [2.75, 3.05) is 46.4 Å². The van der Waals surface area contributed by atoms with Gasteiger partial charge in [-0.05, 0) is 30.7 Å². The summed E-state index contributed by atoms with van der Waals surface area (Å²) >= 11 is 0. The third-order valence-corrected chi connectivity index (χ3v) is 2.76. The predicted octanol–water partition coefficient (Wildman–Crippen LogP) is 1.89. The summed E-state index contributed by atoms with van der Waals surface area (Å²) in [6, 6.07) is 6.30. The second kappa shape index (κ2) is 7.95. The fraction of sp³-hybridized carbons (Fsp3) is 0.571. The van der Waals surface area contributed by atoms with Crippen LogP contribution >= 0.6 is 0 Å². The Hall–Kier alpha value is -1.26. The summed E-state index contributed by atoms with van der Waals surface area (Å²) in [5.74, 6) is 0.913. The molecular weight excluding hydrogens is 228 g/mol. The Kier molecular flexibility index (Phi) is 6.54. The molecule has 0 saturated carbocycles. The lowest BCUT2D eigenvalue weighted by molar-refractivity contribution is 0.194. The molecule has 1 rings (SSSR count). The van der Waals surface area contributed by atoms with Gasteiger partial charge in [0.05, 0.1) is 12.8 Å². The van der Waals surface area contributed by atoms with Crippen molar-refractivity contribution in [3.63, 3.8) is 0 Å². The Labute approximate surface area is 110 Å². The lowest BCUT2D eigenvalue weighted by Gasteiger charge is -2.17. The lowest BCUT2D eigenvalue weighted by atomic mass is 10.1. The second-order valence-electron chi connectivity index (χ2n) is 4.42. The van der Waals surface area contributed by atoms with Gasteiger partial charge in [0.2, 0.25) is 0 Å². The van der Waals surface area contributed by atoms with Crippen molar-refractivity contribution in [2.24, 2.45) is 0 Å². The average Bonchev–Trinajstić information content (AvgIpc) is 2.38. The molecule has 0 saturated heterocycles. The molecule has 1 aromatic carbocycles. The summed E-state index contributed by atoms with van der Waals surface area (Å²) in [4.78, 5) is 2.05. The van der Waals surface area contributed by atoms with Crippen molar-refractivity contribution in [1.82, 2.24) is 5.32 Å². The third-order valence-electron chi connectivity index (χ3n) is 2.76. The highest BCUT2D eigenvalue weighted by molar-refractivity contribution is 5.58. The summed E-state index contributed by atoms with van der Waals surface area (Å²) < 4.78 is 10.4. The minimum Gasteiger partial charge on any atom is -0.495 e. The van der Waals surface area contributed by atoms with Crippen LogP contribution in [0.3, 0.4) is 0 Å². The first-order chi connectivity index (χ1) is 8.69. The monoisotopic (exact) mass is 252 g/mol. The highest BCUT2D eigenvalue weighted by atomic mass is 16.5. The summed E-state index contributed by atoms with van der Waals surface area (Å²) in [6.45, 7) is 2.62. The molecule has 0 aliphatic heterocycles. The van der Waals surface area contributed by atoms with Gasteiger partial charge in [-0.3, -0.25) is 0 Å². The Morgan fingerprint density at radius 3 is 2.61 bits per heavy atom. The standard InChI is InChI=1S/C14H24N2O2/c1-16(2)13-7-6-12(10-14(13)18-4)11-15-8-5-9-17-3/h6-7,10,15H,5,8-9,11H2,1-4H3. The van der Waals surface area contributed by atoms with E-state index in [1.54, 1.807) is 14.2 Å². The van der Waals surface area contributed by atoms with Crippen LogP contribution in [0.4, 0.5) is 5.69 Å². The molecule has 1 N–H and O–H groups in total. The number of rotatable bonds is 8. The number of nitrogens with one attached hydrogen (secondary N) is 1. The first-order valence-electron chi connectivity index (χ1n) is 6.23. The molecule has 0 heterocycles. The zero-order valence-electron chi connectivity index (χ0n) is 11.8. The van der Waals surface area contributed by atoms with Gasteiger partial charge in [-0.15, -0.1) is 0 Å². The minimum atomic E-state index is 0.801. The summed E-state index contributed by atoms with van der Waals surface area (Å²) in [6.07, 6.45) is 1.03. The van der Waals surface area contributed by atoms with E-state index in [-0.39, 0.29) is 0 Å². The molecule has 0 spiro atoms. The molecule has 0 fully saturated rings. The predicted molar refractivity (Wildman–Crippen MR) is 75.5 cm³/mol. The van der Waals surface area contributed by atoms with Crippen LogP contribution in [-0.2, 0) is 11.3 Å². The Balaban J connectivity index is 2.52. The van der Waals surface area contributed by atoms with E-state index in [1.165, 1.54) is 5.56 Å². The zero-order chi connectivity index (χ0) is 13.4. The molecule has 0 aromatic heterocycles. The number of anilines is 1. The summed E-state index contributed by atoms with van der Waals surface area (Å²) in [5.41, 5.74) is 2.33. The van der Waals surface area contributed by atoms with Crippen LogP contribution in [0.25, 0.3) is 0 Å². The van der Waals surface area contributed by atoms with Crippen LogP contribution in [0.15, 0.2) is 18.2 Å². The molecule has 0 aliphatic rings. The number of hydrogen-bond donors (Lipinski definition) is 1. The molecule has 0 unspecified atom stereocenters. The van der Waals surface area contributed by atoms with E-state index in [2.05, 4.69) is 28.4 Å². The van der Waals surface area contributed by atoms with Gasteiger partial charge in [-0.2, -0.15) is 0 Å². The van der Waals surface area contributed by atoms with Gasteiger partial charge in [0, 0.05) is 34.4 Å². The van der Waals surface area contributed by atoms with Gasteiger partial charge < -0.3 is 19.7 Å². The maximum absolute atomic E-state index is 5.40. The van der Waals surface area contributed by atoms with E-state index in [4.69, 9.17) is 9.47 Å². The molecule has 4 nitrogen and oxygen atoms in total. The maximum atomic E-state index is 5.40. The highest BCUT2D eigenvalue weighted by Gasteiger charge is 2.05. The van der Waals surface area contributed by atoms with Gasteiger partial charge in [-0.1, -0.05) is 6.07 Å². The summed E-state index contributed by atoms with van der Waals surface area (Å²) in [7, 11) is 7.46. The first kappa shape index (κ1) is 14.8. The van der Waals surface area contributed by atoms with Crippen LogP contribution < -0.4 is 15.0 Å². The zero-order valence-corrected chi connectivity index (χ0v) is 11.8. The molecule has 1 aromatic rings. The van der Waals surface area contributed by atoms with Gasteiger partial charge in [0.25, 0.3) is 0 Å². The molecule has 18 heavy (non-hydrogen) atoms. The van der Waals surface area contributed by atoms with Gasteiger partial charge in [-0.25, -0.2) is 0 Å². The van der Waals surface area contributed by atoms with Crippen LogP contribution in [0.1, 0.15) is 12.0 Å². The van der Waals surface area contributed by atoms with Crippen molar-refractivity contribution in [3.8, 4) is 5.75 Å². The fourth-order valence-corrected chi connectivity index (χ4v) is 1.78. The third kappa shape index (κ3) is 4.55. The van der Waals surface area contributed by atoms with Crippen LogP contribution in [-0.4, -0.2) is 41.5 Å². The molecular formula is C14H24N2O2. The number of benzene rings is 1. The molecule has 0 amide bonds. The smallest absolute Gasteiger partial charge is 0.142 e. The van der Waals surface area contributed by atoms with E-state index >= 15 is 0 Å². The topological polar surface area (TPSA) is 33.7 Å². The molecule has 102 valence electrons. The average molecular weight is 252 g/mol. The van der Waals surface area contributed by atoms with Gasteiger partial charge >= 0.3 is 0 Å². The van der Waals surface area contributed by atoms with E-state index in [9.17, 15) is 0 Å². The van der Waals surface area contributed by atoms with Crippen molar-refractivity contribution in [1.29, 1.82) is 0 Å². The summed E-state index contributed by atoms with van der Waals surface area (Å²) in [5, 5.41) is 3.39. The van der Waals surface area contributed by atoms with Gasteiger partial charge in [0.1, 0.15) is 5.75 Å². The van der Waals surface area contributed by atoms with Crippen LogP contribution in [0.2, 0.25) is 0 Å². The van der Waals surface area contributed by atoms with E-state index < -0.39 is 0 Å². The molecule has 0 radical (unpaired) electrons. The SMILES string of the molecule is COCCCNCc1ccc(N(C)C)c(OC)c1. The lowest BCUT2D eigenvalue weighted by Crippen LogP contribution is -2.16. The molecule has 0 bridgehead atoms. The molecule has 4 heteroatoms. The quantitative estimate of drug-likeness (QED) is 0.716. The normalized spacial score (nSPS) is 10.4. The van der Waals surface area contributed by atoms with Crippen molar-refractivity contribution < 1.29 is 9.47 Å². The fourth-order valence-electron chi connectivity index (χ4n) is 1.78. The Morgan fingerprint density at radius 1 is 1.22 bits per heavy atom. The van der Waals surface area contributed by atoms with Crippen LogP contribution in [0, 0.1) is 0 Å². The number of ether oxygens (including phenoxy) is 2. The first-order valence-corrected chi connectivity index (χ1v) is 6.23. The number of hydrogen-bond acceptors (Lipinski definition) is 4. The molecule has 0 aliphatic carbocycles. The maximum Gasteiger partial charge on any atom is 0.142 e. The largest absolute Gasteiger partial charge is 0.495 e. The minimum absolute atomic E-state index is 0.801. The number of nitrogens with zero attached hydrogens (tertiary/aromatic N) is 1. The van der Waals surface area contributed by atoms with E-state index in [0.29, 0.717) is 0 Å². The second-order valence-corrected chi connectivity index (χ2v) is 4.42. The van der Waals surface area contributed by atoms with Crippen molar-refractivity contribution in [3.05, 3.63) is 23.8 Å². The van der Waals surface area contributed by atoms with Crippen molar-refractivity contribution in [2.45, 2.75) is 13.0 Å². The van der Waals surface area contributed by atoms with E-state index in [1.807, 2.05) is 14.1 Å². The Morgan fingerprint density at radius 2 is 2.00 bits per heavy atom. The highest BCUT2D eigenvalue weighted by Crippen LogP contribution is 2.27. The number of methoxy groups -OCH3 is 2. The van der Waals surface area contributed by atoms with Crippen LogP contribution in [0.5, 0.6) is 5.75 Å². The van der Waals surface area contributed by atoms with Gasteiger partial charge in [0.15, 0.2) is 0 Å².